The van der Waals surface area contributed by atoms with Crippen molar-refractivity contribution in [3.05, 3.63) is 23.7 Å². The molecule has 0 aromatic carbocycles. The lowest BCUT2D eigenvalue weighted by molar-refractivity contribution is -0.117. The lowest BCUT2D eigenvalue weighted by Gasteiger charge is -1.99. The Kier molecular flexibility index (Phi) is 5.27. The van der Waals surface area contributed by atoms with Crippen molar-refractivity contribution in [3.8, 4) is 0 Å². The van der Waals surface area contributed by atoms with Gasteiger partial charge >= 0.3 is 0 Å². The molecule has 4 nitrogen and oxygen atoms in total. The first-order valence-electron chi connectivity index (χ1n) is 4.54. The zero-order valence-corrected chi connectivity index (χ0v) is 9.23. The summed E-state index contributed by atoms with van der Waals surface area (Å²) in [7, 11) is 0. The molecule has 1 aromatic rings. The first-order chi connectivity index (χ1) is 7.58. The van der Waals surface area contributed by atoms with Gasteiger partial charge in [0, 0.05) is 0 Å². The van der Waals surface area contributed by atoms with Gasteiger partial charge in [0.05, 0.1) is 18.8 Å². The number of hydrogen-bond acceptors (Lipinski definition) is 4. The van der Waals surface area contributed by atoms with E-state index in [4.69, 9.17) is 10.2 Å². The van der Waals surface area contributed by atoms with Crippen LogP contribution in [-0.2, 0) is 17.1 Å². The van der Waals surface area contributed by atoms with Gasteiger partial charge in [0.2, 0.25) is 5.91 Å². The van der Waals surface area contributed by atoms with Crippen LogP contribution in [0.1, 0.15) is 11.5 Å². The van der Waals surface area contributed by atoms with E-state index < -0.39 is 11.7 Å². The number of thioether (sulfide) groups is 1. The molecule has 0 aliphatic rings. The molecule has 1 amide bonds. The highest BCUT2D eigenvalue weighted by molar-refractivity contribution is 7.98. The van der Waals surface area contributed by atoms with E-state index in [1.807, 2.05) is 0 Å². The van der Waals surface area contributed by atoms with Crippen molar-refractivity contribution in [1.82, 2.24) is 5.32 Å². The van der Waals surface area contributed by atoms with Crippen LogP contribution in [0.4, 0.5) is 8.78 Å². The normalized spacial score (nSPS) is 10.9. The van der Waals surface area contributed by atoms with Crippen LogP contribution in [-0.4, -0.2) is 18.2 Å². The van der Waals surface area contributed by atoms with Gasteiger partial charge in [-0.25, -0.2) is 0 Å². The zero-order chi connectivity index (χ0) is 12.0. The summed E-state index contributed by atoms with van der Waals surface area (Å²) >= 11 is 0.505. The lowest BCUT2D eigenvalue weighted by atomic mass is 10.4. The standard InChI is InChI=1S/C9H12F2N2O2S/c10-9(11)16-5-7-2-1-6(15-7)3-13-4-8(12)14/h1-2,9,13H,3-5H2,(H2,12,14). The number of alkyl halides is 2. The number of carbonyl (C=O) groups excluding carboxylic acids is 1. The SMILES string of the molecule is NC(=O)CNCc1ccc(CSC(F)F)o1. The smallest absolute Gasteiger partial charge is 0.284 e. The Morgan fingerprint density at radius 3 is 2.81 bits per heavy atom. The van der Waals surface area contributed by atoms with Crippen LogP contribution < -0.4 is 11.1 Å². The van der Waals surface area contributed by atoms with E-state index in [2.05, 4.69) is 5.32 Å². The van der Waals surface area contributed by atoms with Crippen LogP contribution in [0.15, 0.2) is 16.5 Å². The molecule has 3 N–H and O–H groups in total. The average Bonchev–Trinajstić information content (AvgIpc) is 2.62. The fourth-order valence-electron chi connectivity index (χ4n) is 1.05. The van der Waals surface area contributed by atoms with E-state index in [-0.39, 0.29) is 12.3 Å². The lowest BCUT2D eigenvalue weighted by Crippen LogP contribution is -2.27. The van der Waals surface area contributed by atoms with Gasteiger partial charge in [0.15, 0.2) is 0 Å². The number of rotatable bonds is 7. The second kappa shape index (κ2) is 6.49. The van der Waals surface area contributed by atoms with Crippen molar-refractivity contribution < 1.29 is 18.0 Å². The number of carbonyl (C=O) groups is 1. The van der Waals surface area contributed by atoms with Crippen molar-refractivity contribution >= 4 is 17.7 Å². The van der Waals surface area contributed by atoms with E-state index in [9.17, 15) is 13.6 Å². The van der Waals surface area contributed by atoms with Crippen LogP contribution >= 0.6 is 11.8 Å². The highest BCUT2D eigenvalue weighted by Gasteiger charge is 2.07. The van der Waals surface area contributed by atoms with Crippen molar-refractivity contribution in [1.29, 1.82) is 0 Å². The maximum absolute atomic E-state index is 11.9. The molecule has 7 heteroatoms. The third-order valence-electron chi connectivity index (χ3n) is 1.67. The minimum Gasteiger partial charge on any atom is -0.464 e. The molecule has 1 heterocycles. The summed E-state index contributed by atoms with van der Waals surface area (Å²) in [5.74, 6) is -1.65. The highest BCUT2D eigenvalue weighted by atomic mass is 32.2. The molecule has 0 radical (unpaired) electrons. The highest BCUT2D eigenvalue weighted by Crippen LogP contribution is 2.21. The van der Waals surface area contributed by atoms with Crippen LogP contribution in [0.3, 0.4) is 0 Å². The maximum atomic E-state index is 11.9. The van der Waals surface area contributed by atoms with E-state index in [0.717, 1.165) is 0 Å². The van der Waals surface area contributed by atoms with Crippen LogP contribution in [0.25, 0.3) is 0 Å². The number of nitrogens with one attached hydrogen (secondary N) is 1. The molecule has 1 aromatic heterocycles. The Morgan fingerprint density at radius 1 is 1.50 bits per heavy atom. The van der Waals surface area contributed by atoms with Crippen LogP contribution in [0.5, 0.6) is 0 Å². The summed E-state index contributed by atoms with van der Waals surface area (Å²) in [5.41, 5.74) is 4.92. The topological polar surface area (TPSA) is 68.3 Å². The predicted molar refractivity (Wildman–Crippen MR) is 56.9 cm³/mol. The third kappa shape index (κ3) is 5.13. The fourth-order valence-corrected chi connectivity index (χ4v) is 1.49. The number of halogens is 2. The summed E-state index contributed by atoms with van der Waals surface area (Å²) in [6, 6.07) is 3.31. The molecule has 0 saturated heterocycles. The minimum atomic E-state index is -2.40. The minimum absolute atomic E-state index is 0.0574. The molecule has 0 fully saturated rings. The van der Waals surface area contributed by atoms with E-state index in [1.54, 1.807) is 12.1 Å². The molecule has 0 spiro atoms. The van der Waals surface area contributed by atoms with E-state index in [0.29, 0.717) is 29.8 Å². The maximum Gasteiger partial charge on any atom is 0.284 e. The predicted octanol–water partition coefficient (Wildman–Crippen LogP) is 1.31. The van der Waals surface area contributed by atoms with Gasteiger partial charge in [0.25, 0.3) is 5.76 Å². The first kappa shape index (κ1) is 13.0. The van der Waals surface area contributed by atoms with Crippen LogP contribution in [0.2, 0.25) is 0 Å². The molecule has 0 aliphatic heterocycles. The Labute approximate surface area is 95.6 Å². The Balaban J connectivity index is 2.30. The number of hydrogen-bond donors (Lipinski definition) is 2. The van der Waals surface area contributed by atoms with Gasteiger partial charge in [-0.05, 0) is 12.1 Å². The van der Waals surface area contributed by atoms with Crippen molar-refractivity contribution in [2.45, 2.75) is 18.1 Å². The zero-order valence-electron chi connectivity index (χ0n) is 8.41. The molecule has 0 saturated carbocycles. The summed E-state index contributed by atoms with van der Waals surface area (Å²) < 4.78 is 29.0. The molecule has 0 unspecified atom stereocenters. The van der Waals surface area contributed by atoms with E-state index >= 15 is 0 Å². The Bertz CT molecular complexity index is 344. The number of nitrogens with two attached hydrogens (primary N) is 1. The van der Waals surface area contributed by atoms with Gasteiger partial charge in [0.1, 0.15) is 11.5 Å². The first-order valence-corrected chi connectivity index (χ1v) is 5.59. The molecular weight excluding hydrogens is 238 g/mol. The van der Waals surface area contributed by atoms with Crippen LogP contribution in [0, 0.1) is 0 Å². The Hall–Kier alpha value is -1.08. The number of furan rings is 1. The quantitative estimate of drug-likeness (QED) is 0.765. The molecule has 16 heavy (non-hydrogen) atoms. The van der Waals surface area contributed by atoms with Gasteiger partial charge in [-0.2, -0.15) is 8.78 Å². The summed E-state index contributed by atoms with van der Waals surface area (Å²) in [4.78, 5) is 10.4. The van der Waals surface area contributed by atoms with Gasteiger partial charge < -0.3 is 15.5 Å². The van der Waals surface area contributed by atoms with Gasteiger partial charge in [-0.1, -0.05) is 11.8 Å². The summed E-state index contributed by atoms with van der Waals surface area (Å²) in [6.45, 7) is 0.407. The number of amides is 1. The average molecular weight is 250 g/mol. The Morgan fingerprint density at radius 2 is 2.19 bits per heavy atom. The molecule has 0 aliphatic carbocycles. The van der Waals surface area contributed by atoms with E-state index in [1.165, 1.54) is 0 Å². The van der Waals surface area contributed by atoms with Gasteiger partial charge in [-0.15, -0.1) is 0 Å². The van der Waals surface area contributed by atoms with Gasteiger partial charge in [-0.3, -0.25) is 4.79 Å². The fraction of sp³-hybridized carbons (Fsp3) is 0.444. The number of primary amides is 1. The van der Waals surface area contributed by atoms with Crippen molar-refractivity contribution in [2.24, 2.45) is 5.73 Å². The van der Waals surface area contributed by atoms with Crippen molar-refractivity contribution in [3.63, 3.8) is 0 Å². The second-order valence-electron chi connectivity index (χ2n) is 3.01. The molecule has 0 atom stereocenters. The second-order valence-corrected chi connectivity index (χ2v) is 3.99. The summed E-state index contributed by atoms with van der Waals surface area (Å²) in [6.07, 6.45) is 0. The molecule has 90 valence electrons. The monoisotopic (exact) mass is 250 g/mol. The third-order valence-corrected chi connectivity index (χ3v) is 2.37. The van der Waals surface area contributed by atoms with Crippen molar-refractivity contribution in [2.75, 3.05) is 6.54 Å². The summed E-state index contributed by atoms with van der Waals surface area (Å²) in [5, 5.41) is 2.76. The largest absolute Gasteiger partial charge is 0.464 e. The molecule has 1 rings (SSSR count). The molecule has 0 bridgehead atoms. The molecular formula is C9H12F2N2O2S.